The number of nitrogens with two attached hydrogens (primary N) is 1. The van der Waals surface area contributed by atoms with Crippen LogP contribution in [-0.4, -0.2) is 32.2 Å². The van der Waals surface area contributed by atoms with Gasteiger partial charge in [0.25, 0.3) is 5.91 Å². The lowest BCUT2D eigenvalue weighted by Crippen LogP contribution is -2.32. The van der Waals surface area contributed by atoms with E-state index < -0.39 is 5.82 Å². The van der Waals surface area contributed by atoms with Crippen molar-refractivity contribution in [1.82, 2.24) is 25.1 Å². The third-order valence-electron chi connectivity index (χ3n) is 5.30. The number of carbonyl (C=O) groups excluding carboxylic acids is 1. The standard InChI is InChI=1S/C21H23FN6O/c1-13-5-14(2)28(27-13)12-21(3-4-21)11-26-20(29)16-6-15(7-17(22)8-16)18-9-25-19(23)10-24-18/h5-10H,3-4,11-12H2,1-2H3,(H2,23,25)(H,26,29). The molecular formula is C21H23FN6O. The number of anilines is 1. The second kappa shape index (κ2) is 7.27. The predicted molar refractivity (Wildman–Crippen MR) is 108 cm³/mol. The van der Waals surface area contributed by atoms with Crippen molar-refractivity contribution >= 4 is 11.7 Å². The van der Waals surface area contributed by atoms with E-state index >= 15 is 0 Å². The summed E-state index contributed by atoms with van der Waals surface area (Å²) >= 11 is 0. The minimum absolute atomic E-state index is 0.0114. The molecule has 3 aromatic rings. The molecule has 1 fully saturated rings. The molecule has 0 saturated heterocycles. The van der Waals surface area contributed by atoms with Crippen LogP contribution in [-0.2, 0) is 6.54 Å². The van der Waals surface area contributed by atoms with Gasteiger partial charge in [-0.2, -0.15) is 5.10 Å². The van der Waals surface area contributed by atoms with Crippen molar-refractivity contribution < 1.29 is 9.18 Å². The highest BCUT2D eigenvalue weighted by molar-refractivity contribution is 5.95. The van der Waals surface area contributed by atoms with Gasteiger partial charge in [-0.25, -0.2) is 9.37 Å². The van der Waals surface area contributed by atoms with Gasteiger partial charge in [-0.3, -0.25) is 14.5 Å². The van der Waals surface area contributed by atoms with E-state index in [4.69, 9.17) is 5.73 Å². The average molecular weight is 394 g/mol. The van der Waals surface area contributed by atoms with Gasteiger partial charge in [0.05, 0.1) is 23.8 Å². The van der Waals surface area contributed by atoms with Crippen LogP contribution in [0.25, 0.3) is 11.3 Å². The molecule has 0 aliphatic heterocycles. The molecule has 1 aliphatic rings. The summed E-state index contributed by atoms with van der Waals surface area (Å²) in [5.74, 6) is -0.538. The number of hydrogen-bond donors (Lipinski definition) is 2. The van der Waals surface area contributed by atoms with E-state index in [0.29, 0.717) is 17.8 Å². The van der Waals surface area contributed by atoms with Crippen LogP contribution in [0.1, 0.15) is 34.6 Å². The molecule has 150 valence electrons. The topological polar surface area (TPSA) is 98.7 Å². The van der Waals surface area contributed by atoms with Crippen LogP contribution in [0.3, 0.4) is 0 Å². The zero-order valence-corrected chi connectivity index (χ0v) is 16.4. The molecule has 0 atom stereocenters. The first-order valence-electron chi connectivity index (χ1n) is 9.51. The first-order valence-corrected chi connectivity index (χ1v) is 9.51. The van der Waals surface area contributed by atoms with E-state index in [0.717, 1.165) is 30.8 Å². The number of aryl methyl sites for hydroxylation is 2. The van der Waals surface area contributed by atoms with Gasteiger partial charge in [-0.05, 0) is 51.0 Å². The van der Waals surface area contributed by atoms with Crippen LogP contribution in [0.2, 0.25) is 0 Å². The van der Waals surface area contributed by atoms with Crippen molar-refractivity contribution in [2.24, 2.45) is 5.41 Å². The molecule has 2 heterocycles. The van der Waals surface area contributed by atoms with Crippen LogP contribution in [0, 0.1) is 25.1 Å². The molecule has 1 saturated carbocycles. The number of carbonyl (C=O) groups is 1. The molecule has 1 amide bonds. The number of nitrogens with one attached hydrogen (secondary N) is 1. The summed E-state index contributed by atoms with van der Waals surface area (Å²) in [6, 6.07) is 6.20. The number of benzene rings is 1. The molecular weight excluding hydrogens is 371 g/mol. The smallest absolute Gasteiger partial charge is 0.251 e. The zero-order valence-electron chi connectivity index (χ0n) is 16.4. The number of nitrogen functional groups attached to an aromatic ring is 1. The molecule has 8 heteroatoms. The molecule has 2 aromatic heterocycles. The van der Waals surface area contributed by atoms with Crippen molar-refractivity contribution in [2.75, 3.05) is 12.3 Å². The number of rotatable bonds is 6. The summed E-state index contributed by atoms with van der Waals surface area (Å²) in [6.45, 7) is 5.29. The first kappa shape index (κ1) is 19.0. The normalized spacial score (nSPS) is 14.6. The maximum absolute atomic E-state index is 14.1. The first-order chi connectivity index (χ1) is 13.8. The van der Waals surface area contributed by atoms with Crippen LogP contribution >= 0.6 is 0 Å². The molecule has 1 aromatic carbocycles. The molecule has 0 radical (unpaired) electrons. The van der Waals surface area contributed by atoms with E-state index in [-0.39, 0.29) is 22.7 Å². The van der Waals surface area contributed by atoms with Crippen molar-refractivity contribution in [1.29, 1.82) is 0 Å². The lowest BCUT2D eigenvalue weighted by atomic mass is 10.1. The lowest BCUT2D eigenvalue weighted by molar-refractivity contribution is 0.0942. The Bertz CT molecular complexity index is 1060. The van der Waals surface area contributed by atoms with Gasteiger partial charge in [-0.1, -0.05) is 0 Å². The minimum Gasteiger partial charge on any atom is -0.382 e. The van der Waals surface area contributed by atoms with E-state index in [9.17, 15) is 9.18 Å². The maximum atomic E-state index is 14.1. The Morgan fingerprint density at radius 3 is 2.62 bits per heavy atom. The minimum atomic E-state index is -0.505. The second-order valence-corrected chi connectivity index (χ2v) is 7.82. The third kappa shape index (κ3) is 4.26. The number of nitrogens with zero attached hydrogens (tertiary/aromatic N) is 4. The van der Waals surface area contributed by atoms with Gasteiger partial charge in [0.15, 0.2) is 0 Å². The van der Waals surface area contributed by atoms with E-state index in [1.165, 1.54) is 24.5 Å². The fraction of sp³-hybridized carbons (Fsp3) is 0.333. The molecule has 1 aliphatic carbocycles. The fourth-order valence-electron chi connectivity index (χ4n) is 3.45. The Balaban J connectivity index is 1.46. The highest BCUT2D eigenvalue weighted by atomic mass is 19.1. The summed E-state index contributed by atoms with van der Waals surface area (Å²) in [4.78, 5) is 20.8. The van der Waals surface area contributed by atoms with Crippen molar-refractivity contribution in [3.8, 4) is 11.3 Å². The van der Waals surface area contributed by atoms with Crippen molar-refractivity contribution in [2.45, 2.75) is 33.2 Å². The van der Waals surface area contributed by atoms with Crippen LogP contribution in [0.4, 0.5) is 10.2 Å². The highest BCUT2D eigenvalue weighted by Crippen LogP contribution is 2.46. The van der Waals surface area contributed by atoms with Gasteiger partial charge in [0.1, 0.15) is 11.6 Å². The van der Waals surface area contributed by atoms with Gasteiger partial charge in [-0.15, -0.1) is 0 Å². The van der Waals surface area contributed by atoms with Gasteiger partial charge >= 0.3 is 0 Å². The van der Waals surface area contributed by atoms with Crippen LogP contribution < -0.4 is 11.1 Å². The maximum Gasteiger partial charge on any atom is 0.251 e. The quantitative estimate of drug-likeness (QED) is 0.670. The monoisotopic (exact) mass is 394 g/mol. The summed E-state index contributed by atoms with van der Waals surface area (Å²) in [7, 11) is 0. The predicted octanol–water partition coefficient (Wildman–Crippen LogP) is 2.89. The van der Waals surface area contributed by atoms with E-state index in [1.54, 1.807) is 6.07 Å². The SMILES string of the molecule is Cc1cc(C)n(CC2(CNC(=O)c3cc(F)cc(-c4cnc(N)cn4)c3)CC2)n1. The Morgan fingerprint density at radius 1 is 1.21 bits per heavy atom. The Labute approximate surface area is 168 Å². The van der Waals surface area contributed by atoms with Crippen LogP contribution in [0.15, 0.2) is 36.7 Å². The van der Waals surface area contributed by atoms with Gasteiger partial charge in [0, 0.05) is 35.3 Å². The fourth-order valence-corrected chi connectivity index (χ4v) is 3.45. The van der Waals surface area contributed by atoms with E-state index in [1.807, 2.05) is 24.6 Å². The number of hydrogen-bond acceptors (Lipinski definition) is 5. The highest BCUT2D eigenvalue weighted by Gasteiger charge is 2.43. The number of amides is 1. The Morgan fingerprint density at radius 2 is 2.00 bits per heavy atom. The molecule has 0 spiro atoms. The lowest BCUT2D eigenvalue weighted by Gasteiger charge is -2.17. The molecule has 0 bridgehead atoms. The van der Waals surface area contributed by atoms with Crippen molar-refractivity contribution in [3.05, 3.63) is 59.4 Å². The molecule has 3 N–H and O–H groups in total. The zero-order chi connectivity index (χ0) is 20.6. The number of halogens is 1. The van der Waals surface area contributed by atoms with Crippen molar-refractivity contribution in [3.63, 3.8) is 0 Å². The summed E-state index contributed by atoms with van der Waals surface area (Å²) < 4.78 is 16.1. The van der Waals surface area contributed by atoms with Gasteiger partial charge in [0.2, 0.25) is 0 Å². The van der Waals surface area contributed by atoms with E-state index in [2.05, 4.69) is 20.4 Å². The van der Waals surface area contributed by atoms with Gasteiger partial charge < -0.3 is 11.1 Å². The number of aromatic nitrogens is 4. The summed E-state index contributed by atoms with van der Waals surface area (Å²) in [5.41, 5.74) is 8.84. The molecule has 0 unspecified atom stereocenters. The molecule has 4 rings (SSSR count). The summed E-state index contributed by atoms with van der Waals surface area (Å²) in [5, 5.41) is 7.48. The molecule has 7 nitrogen and oxygen atoms in total. The largest absolute Gasteiger partial charge is 0.382 e. The second-order valence-electron chi connectivity index (χ2n) is 7.82. The Kier molecular flexibility index (Phi) is 4.77. The third-order valence-corrected chi connectivity index (χ3v) is 5.30. The van der Waals surface area contributed by atoms with Crippen LogP contribution in [0.5, 0.6) is 0 Å². The average Bonchev–Trinajstić information content (AvgIpc) is 3.37. The Hall–Kier alpha value is -3.29. The molecule has 29 heavy (non-hydrogen) atoms. The summed E-state index contributed by atoms with van der Waals surface area (Å²) in [6.07, 6.45) is 4.91.